The number of carbonyl (C=O) groups excluding carboxylic acids is 1. The van der Waals surface area contributed by atoms with Gasteiger partial charge in [-0.05, 0) is 38.2 Å². The molecule has 0 aromatic carbocycles. The number of nitrogens with zero attached hydrogens (tertiary/aromatic N) is 10. The molecule has 0 unspecified atom stereocenters. The highest BCUT2D eigenvalue weighted by molar-refractivity contribution is 6.01. The summed E-state index contributed by atoms with van der Waals surface area (Å²) in [5.41, 5.74) is -0.803. The minimum atomic E-state index is -0.904. The van der Waals surface area contributed by atoms with Crippen LogP contribution in [-0.2, 0) is 18.4 Å². The lowest BCUT2D eigenvalue weighted by Crippen LogP contribution is -2.40. The van der Waals surface area contributed by atoms with E-state index in [1.165, 1.54) is 40.2 Å². The van der Waals surface area contributed by atoms with Crippen LogP contribution in [-0.4, -0.2) is 57.6 Å². The number of piperidine rings is 1. The van der Waals surface area contributed by atoms with Crippen molar-refractivity contribution in [3.8, 4) is 11.8 Å². The zero-order valence-corrected chi connectivity index (χ0v) is 21.7. The summed E-state index contributed by atoms with van der Waals surface area (Å²) < 4.78 is 3.79. The van der Waals surface area contributed by atoms with E-state index in [0.717, 1.165) is 17.7 Å². The Morgan fingerprint density at radius 3 is 2.62 bits per heavy atom. The van der Waals surface area contributed by atoms with Crippen molar-refractivity contribution in [2.45, 2.75) is 32.9 Å². The molecule has 1 saturated carbocycles. The molecule has 1 amide bonds. The quantitative estimate of drug-likeness (QED) is 0.335. The topological polar surface area (TPSA) is 137 Å². The van der Waals surface area contributed by atoms with Crippen LogP contribution < -0.4 is 21.0 Å². The Morgan fingerprint density at radius 2 is 1.90 bits per heavy atom. The summed E-state index contributed by atoms with van der Waals surface area (Å²) in [6, 6.07) is 2.36. The Morgan fingerprint density at radius 1 is 1.13 bits per heavy atom. The number of hydrogen-bond acceptors (Lipinski definition) is 9. The van der Waals surface area contributed by atoms with Crippen LogP contribution in [0.4, 0.5) is 17.6 Å². The minimum Gasteiger partial charge on any atom is -0.340 e. The number of aryl methyl sites for hydroxylation is 1. The van der Waals surface area contributed by atoms with Crippen LogP contribution in [0.2, 0.25) is 0 Å². The molecular formula is C26H26N10O3. The number of amides is 1. The Balaban J connectivity index is 1.43. The Labute approximate surface area is 222 Å². The summed E-state index contributed by atoms with van der Waals surface area (Å²) >= 11 is 0. The number of carbonyl (C=O) groups is 1. The molecule has 1 saturated heterocycles. The summed E-state index contributed by atoms with van der Waals surface area (Å²) in [7, 11) is 1.53. The highest BCUT2D eigenvalue weighted by atomic mass is 16.2. The summed E-state index contributed by atoms with van der Waals surface area (Å²) in [4.78, 5) is 65.6. The highest BCUT2D eigenvalue weighted by Crippen LogP contribution is 2.45. The Bertz CT molecular complexity index is 1750. The molecule has 1 aliphatic carbocycles. The fraction of sp³-hybridized carbons (Fsp3) is 0.385. The van der Waals surface area contributed by atoms with Crippen molar-refractivity contribution in [3.05, 3.63) is 58.0 Å². The molecule has 1 aliphatic heterocycles. The molecule has 5 heterocycles. The van der Waals surface area contributed by atoms with Gasteiger partial charge in [-0.3, -0.25) is 14.2 Å². The average Bonchev–Trinajstić information content (AvgIpc) is 3.33. The van der Waals surface area contributed by atoms with Gasteiger partial charge in [0.15, 0.2) is 11.2 Å². The second-order valence-electron chi connectivity index (χ2n) is 9.78. The third-order valence-electron chi connectivity index (χ3n) is 7.38. The van der Waals surface area contributed by atoms with Gasteiger partial charge in [-0.25, -0.2) is 34.2 Å². The molecule has 4 aromatic heterocycles. The first-order chi connectivity index (χ1) is 18.9. The molecule has 0 bridgehead atoms. The Hall–Kier alpha value is -4.86. The number of hydrogen-bond donors (Lipinski definition) is 0. The van der Waals surface area contributed by atoms with E-state index in [2.05, 4.69) is 36.7 Å². The minimum absolute atomic E-state index is 0.0690. The van der Waals surface area contributed by atoms with Gasteiger partial charge < -0.3 is 9.47 Å². The molecule has 3 atom stereocenters. The third-order valence-corrected chi connectivity index (χ3v) is 7.38. The van der Waals surface area contributed by atoms with E-state index < -0.39 is 23.2 Å². The van der Waals surface area contributed by atoms with Crippen LogP contribution in [0, 0.1) is 23.7 Å². The first-order valence-corrected chi connectivity index (χ1v) is 12.6. The predicted molar refractivity (Wildman–Crippen MR) is 142 cm³/mol. The molecule has 13 heteroatoms. The standard InChI is InChI=1S/C26H26N10O3/c1-4-5-10-34-24(38)21-22(32(3)26(34)39)30-15-35(21)16(2)23(37)36(19-6-8-27-14-29-19)20-7-9-28-25(31-20)33-12-17-11-18(17)13-33/h6-9,14-18H,10-13H2,1-3H3/t16-,17+,18+/m0/s1. The van der Waals surface area contributed by atoms with Gasteiger partial charge in [0.1, 0.15) is 24.0 Å². The highest BCUT2D eigenvalue weighted by Gasteiger charge is 2.46. The number of imidazole rings is 1. The molecule has 0 spiro atoms. The SMILES string of the molecule is CC#CCn1c(=O)c2c(ncn2[C@@H](C)C(=O)N(c2ccncn2)c2ccnc(N3C[C@H]4C[C@@H]4C3)n2)n(C)c1=O. The molecular weight excluding hydrogens is 500 g/mol. The van der Waals surface area contributed by atoms with Gasteiger partial charge in [-0.1, -0.05) is 5.92 Å². The van der Waals surface area contributed by atoms with Gasteiger partial charge in [-0.2, -0.15) is 4.98 Å². The maximum absolute atomic E-state index is 14.1. The summed E-state index contributed by atoms with van der Waals surface area (Å²) in [5, 5.41) is 0. The van der Waals surface area contributed by atoms with Crippen LogP contribution in [0.15, 0.2) is 46.8 Å². The van der Waals surface area contributed by atoms with Gasteiger partial charge in [0, 0.05) is 38.6 Å². The van der Waals surface area contributed by atoms with E-state index in [1.807, 2.05) is 0 Å². The second-order valence-corrected chi connectivity index (χ2v) is 9.78. The van der Waals surface area contributed by atoms with Gasteiger partial charge >= 0.3 is 5.69 Å². The van der Waals surface area contributed by atoms with Crippen LogP contribution in [0.1, 0.15) is 26.3 Å². The zero-order valence-electron chi connectivity index (χ0n) is 21.7. The van der Waals surface area contributed by atoms with Crippen LogP contribution >= 0.6 is 0 Å². The monoisotopic (exact) mass is 526 g/mol. The van der Waals surface area contributed by atoms with Crippen molar-refractivity contribution in [2.75, 3.05) is 22.9 Å². The molecule has 0 N–H and O–H groups in total. The fourth-order valence-corrected chi connectivity index (χ4v) is 5.12. The van der Waals surface area contributed by atoms with E-state index in [0.29, 0.717) is 29.4 Å². The van der Waals surface area contributed by atoms with Crippen molar-refractivity contribution < 1.29 is 4.79 Å². The third kappa shape index (κ3) is 4.14. The zero-order chi connectivity index (χ0) is 27.3. The normalized spacial score (nSPS) is 18.4. The van der Waals surface area contributed by atoms with Gasteiger partial charge in [0.05, 0.1) is 12.9 Å². The summed E-state index contributed by atoms with van der Waals surface area (Å²) in [6.07, 6.45) is 7.16. The molecule has 2 aliphatic rings. The molecule has 13 nitrogen and oxygen atoms in total. The summed E-state index contributed by atoms with van der Waals surface area (Å²) in [6.45, 7) is 5.03. The lowest BCUT2D eigenvalue weighted by molar-refractivity contribution is -0.120. The largest absolute Gasteiger partial charge is 0.340 e. The predicted octanol–water partition coefficient (Wildman–Crippen LogP) is 0.882. The lowest BCUT2D eigenvalue weighted by Gasteiger charge is -2.26. The van der Waals surface area contributed by atoms with Crippen molar-refractivity contribution in [2.24, 2.45) is 18.9 Å². The Kier molecular flexibility index (Phi) is 5.94. The maximum Gasteiger partial charge on any atom is 0.333 e. The van der Waals surface area contributed by atoms with Crippen molar-refractivity contribution in [1.29, 1.82) is 0 Å². The summed E-state index contributed by atoms with van der Waals surface area (Å²) in [5.74, 6) is 7.66. The molecule has 0 radical (unpaired) electrons. The number of rotatable bonds is 6. The number of anilines is 3. The molecule has 6 rings (SSSR count). The number of fused-ring (bicyclic) bond motifs is 2. The average molecular weight is 527 g/mol. The van der Waals surface area contributed by atoms with Crippen LogP contribution in [0.3, 0.4) is 0 Å². The van der Waals surface area contributed by atoms with E-state index in [-0.39, 0.29) is 17.7 Å². The first-order valence-electron chi connectivity index (χ1n) is 12.6. The second kappa shape index (κ2) is 9.46. The fourth-order valence-electron chi connectivity index (χ4n) is 5.12. The molecule has 2 fully saturated rings. The lowest BCUT2D eigenvalue weighted by atomic mass is 10.2. The van der Waals surface area contributed by atoms with E-state index in [4.69, 9.17) is 4.98 Å². The first kappa shape index (κ1) is 24.5. The smallest absolute Gasteiger partial charge is 0.333 e. The van der Waals surface area contributed by atoms with Gasteiger partial charge in [0.2, 0.25) is 5.95 Å². The van der Waals surface area contributed by atoms with E-state index >= 15 is 0 Å². The van der Waals surface area contributed by atoms with Crippen LogP contribution in [0.5, 0.6) is 0 Å². The van der Waals surface area contributed by atoms with Crippen molar-refractivity contribution in [3.63, 3.8) is 0 Å². The van der Waals surface area contributed by atoms with Crippen molar-refractivity contribution in [1.82, 2.24) is 38.6 Å². The van der Waals surface area contributed by atoms with Gasteiger partial charge in [-0.15, -0.1) is 5.92 Å². The molecule has 39 heavy (non-hydrogen) atoms. The molecule has 4 aromatic rings. The maximum atomic E-state index is 14.1. The molecule has 198 valence electrons. The number of aromatic nitrogens is 8. The van der Waals surface area contributed by atoms with Crippen LogP contribution in [0.25, 0.3) is 11.2 Å². The van der Waals surface area contributed by atoms with E-state index in [9.17, 15) is 14.4 Å². The van der Waals surface area contributed by atoms with Crippen molar-refractivity contribution >= 4 is 34.7 Å². The van der Waals surface area contributed by atoms with E-state index in [1.54, 1.807) is 38.4 Å². The van der Waals surface area contributed by atoms with Gasteiger partial charge in [0.25, 0.3) is 11.5 Å².